The number of benzene rings is 1. The highest BCUT2D eigenvalue weighted by Crippen LogP contribution is 2.23. The minimum absolute atomic E-state index is 0.0330. The second kappa shape index (κ2) is 7.94. The van der Waals surface area contributed by atoms with Gasteiger partial charge in [0, 0.05) is 18.4 Å². The summed E-state index contributed by atoms with van der Waals surface area (Å²) in [5.74, 6) is 1.08. The highest BCUT2D eigenvalue weighted by Gasteiger charge is 2.23. The van der Waals surface area contributed by atoms with Crippen molar-refractivity contribution in [3.05, 3.63) is 42.4 Å². The van der Waals surface area contributed by atoms with Crippen LogP contribution in [0.4, 0.5) is 16.3 Å². The molecule has 2 heterocycles. The van der Waals surface area contributed by atoms with Crippen LogP contribution in [0.5, 0.6) is 5.75 Å². The number of aryl methyl sites for hydroxylation is 1. The fraction of sp³-hybridized carbons (Fsp3) is 0.389. The maximum absolute atomic E-state index is 12.1. The third-order valence-corrected chi connectivity index (χ3v) is 3.92. The summed E-state index contributed by atoms with van der Waals surface area (Å²) < 4.78 is 11.6. The standard InChI is InChI=1S/C18H22N4O3/c1-12-10-20-17(11-19-12)22-18(23)21-14-5-3-6-15(9-14)25-13(2)16-7-4-8-24-16/h3,5-6,9-11,13,16H,4,7-8H2,1-2H3,(H2,20,21,22,23). The second-order valence-corrected chi connectivity index (χ2v) is 6.02. The zero-order valence-electron chi connectivity index (χ0n) is 14.4. The fourth-order valence-electron chi connectivity index (χ4n) is 2.65. The predicted octanol–water partition coefficient (Wildman–Crippen LogP) is 3.38. The summed E-state index contributed by atoms with van der Waals surface area (Å²) in [5, 5.41) is 5.40. The zero-order valence-corrected chi connectivity index (χ0v) is 14.4. The van der Waals surface area contributed by atoms with E-state index in [4.69, 9.17) is 9.47 Å². The molecule has 0 bridgehead atoms. The number of urea groups is 1. The first-order chi connectivity index (χ1) is 12.1. The summed E-state index contributed by atoms with van der Waals surface area (Å²) in [5.41, 5.74) is 1.42. The number of carbonyl (C=O) groups is 1. The third kappa shape index (κ3) is 4.90. The molecular weight excluding hydrogens is 320 g/mol. The number of nitrogens with one attached hydrogen (secondary N) is 2. The molecule has 1 saturated heterocycles. The number of aromatic nitrogens is 2. The number of nitrogens with zero attached hydrogens (tertiary/aromatic N) is 2. The van der Waals surface area contributed by atoms with Crippen LogP contribution in [0, 0.1) is 6.92 Å². The molecule has 0 saturated carbocycles. The van der Waals surface area contributed by atoms with Crippen LogP contribution in [0.25, 0.3) is 0 Å². The van der Waals surface area contributed by atoms with Gasteiger partial charge in [0.1, 0.15) is 11.9 Å². The Balaban J connectivity index is 1.57. The Morgan fingerprint density at radius 3 is 2.92 bits per heavy atom. The summed E-state index contributed by atoms with van der Waals surface area (Å²) in [6.07, 6.45) is 5.28. The maximum atomic E-state index is 12.1. The van der Waals surface area contributed by atoms with Crippen molar-refractivity contribution in [3.8, 4) is 5.75 Å². The maximum Gasteiger partial charge on any atom is 0.324 e. The Labute approximate surface area is 146 Å². The van der Waals surface area contributed by atoms with E-state index in [1.807, 2.05) is 26.0 Å². The summed E-state index contributed by atoms with van der Waals surface area (Å²) in [4.78, 5) is 20.2. The van der Waals surface area contributed by atoms with E-state index in [0.717, 1.165) is 25.1 Å². The minimum Gasteiger partial charge on any atom is -0.488 e. The molecule has 1 aliphatic rings. The Kier molecular flexibility index (Phi) is 5.45. The third-order valence-electron chi connectivity index (χ3n) is 3.92. The number of hydrogen-bond acceptors (Lipinski definition) is 5. The van der Waals surface area contributed by atoms with Gasteiger partial charge >= 0.3 is 6.03 Å². The van der Waals surface area contributed by atoms with Gasteiger partial charge in [-0.15, -0.1) is 0 Å². The molecule has 2 atom stereocenters. The first-order valence-corrected chi connectivity index (χ1v) is 8.35. The number of anilines is 2. The highest BCUT2D eigenvalue weighted by molar-refractivity contribution is 5.99. The molecule has 0 radical (unpaired) electrons. The molecule has 1 aliphatic heterocycles. The number of carbonyl (C=O) groups excluding carboxylic acids is 1. The molecule has 7 heteroatoms. The van der Waals surface area contributed by atoms with Gasteiger partial charge in [-0.2, -0.15) is 0 Å². The average Bonchev–Trinajstić information content (AvgIpc) is 3.12. The van der Waals surface area contributed by atoms with Crippen LogP contribution in [-0.4, -0.2) is 34.8 Å². The molecule has 0 aliphatic carbocycles. The summed E-state index contributed by atoms with van der Waals surface area (Å²) >= 11 is 0. The number of ether oxygens (including phenoxy) is 2. The smallest absolute Gasteiger partial charge is 0.324 e. The topological polar surface area (TPSA) is 85.4 Å². The molecule has 3 rings (SSSR count). The average molecular weight is 342 g/mol. The van der Waals surface area contributed by atoms with E-state index in [1.165, 1.54) is 6.20 Å². The van der Waals surface area contributed by atoms with Crippen LogP contribution in [0.1, 0.15) is 25.5 Å². The molecule has 132 valence electrons. The van der Waals surface area contributed by atoms with E-state index in [2.05, 4.69) is 20.6 Å². The molecule has 1 aromatic heterocycles. The molecule has 2 N–H and O–H groups in total. The Bertz CT molecular complexity index is 715. The quantitative estimate of drug-likeness (QED) is 0.870. The molecule has 2 amide bonds. The van der Waals surface area contributed by atoms with Crippen molar-refractivity contribution >= 4 is 17.5 Å². The van der Waals surface area contributed by atoms with Crippen LogP contribution < -0.4 is 15.4 Å². The second-order valence-electron chi connectivity index (χ2n) is 6.02. The van der Waals surface area contributed by atoms with E-state index in [1.54, 1.807) is 18.3 Å². The van der Waals surface area contributed by atoms with Crippen molar-refractivity contribution < 1.29 is 14.3 Å². The SMILES string of the molecule is Cc1cnc(NC(=O)Nc2cccc(OC(C)C3CCCO3)c2)cn1. The normalized spacial score (nSPS) is 17.8. The summed E-state index contributed by atoms with van der Waals surface area (Å²) in [6.45, 7) is 4.63. The summed E-state index contributed by atoms with van der Waals surface area (Å²) in [6, 6.07) is 6.89. The van der Waals surface area contributed by atoms with Crippen molar-refractivity contribution in [1.29, 1.82) is 0 Å². The lowest BCUT2D eigenvalue weighted by Crippen LogP contribution is -2.28. The molecule has 7 nitrogen and oxygen atoms in total. The van der Waals surface area contributed by atoms with Gasteiger partial charge in [0.05, 0.1) is 24.2 Å². The number of hydrogen-bond donors (Lipinski definition) is 2. The number of amides is 2. The molecule has 2 aromatic rings. The van der Waals surface area contributed by atoms with Gasteiger partial charge in [-0.3, -0.25) is 10.3 Å². The van der Waals surface area contributed by atoms with E-state index in [0.29, 0.717) is 17.3 Å². The van der Waals surface area contributed by atoms with Crippen LogP contribution in [-0.2, 0) is 4.74 Å². The van der Waals surface area contributed by atoms with Crippen molar-refractivity contribution in [1.82, 2.24) is 9.97 Å². The van der Waals surface area contributed by atoms with E-state index in [9.17, 15) is 4.79 Å². The largest absolute Gasteiger partial charge is 0.488 e. The Morgan fingerprint density at radius 2 is 2.20 bits per heavy atom. The lowest BCUT2D eigenvalue weighted by Gasteiger charge is -2.20. The van der Waals surface area contributed by atoms with Gasteiger partial charge in [0.2, 0.25) is 0 Å². The molecule has 1 fully saturated rings. The summed E-state index contributed by atoms with van der Waals surface area (Å²) in [7, 11) is 0. The van der Waals surface area contributed by atoms with Gasteiger partial charge in [0.15, 0.2) is 5.82 Å². The van der Waals surface area contributed by atoms with E-state index >= 15 is 0 Å². The monoisotopic (exact) mass is 342 g/mol. The molecule has 1 aromatic carbocycles. The van der Waals surface area contributed by atoms with Gasteiger partial charge < -0.3 is 14.8 Å². The van der Waals surface area contributed by atoms with Gasteiger partial charge in [0.25, 0.3) is 0 Å². The Hall–Kier alpha value is -2.67. The van der Waals surface area contributed by atoms with Gasteiger partial charge in [-0.25, -0.2) is 9.78 Å². The minimum atomic E-state index is -0.387. The molecule has 2 unspecified atom stereocenters. The van der Waals surface area contributed by atoms with Crippen molar-refractivity contribution in [3.63, 3.8) is 0 Å². The van der Waals surface area contributed by atoms with Crippen LogP contribution >= 0.6 is 0 Å². The van der Waals surface area contributed by atoms with Gasteiger partial charge in [-0.05, 0) is 38.8 Å². The predicted molar refractivity (Wildman–Crippen MR) is 94.9 cm³/mol. The molecule has 0 spiro atoms. The van der Waals surface area contributed by atoms with E-state index in [-0.39, 0.29) is 18.2 Å². The lowest BCUT2D eigenvalue weighted by atomic mass is 10.1. The number of rotatable bonds is 5. The molecular formula is C18H22N4O3. The van der Waals surface area contributed by atoms with Crippen LogP contribution in [0.3, 0.4) is 0 Å². The van der Waals surface area contributed by atoms with Crippen molar-refractivity contribution in [2.45, 2.75) is 38.9 Å². The fourth-order valence-corrected chi connectivity index (χ4v) is 2.65. The van der Waals surface area contributed by atoms with Gasteiger partial charge in [-0.1, -0.05) is 6.07 Å². The Morgan fingerprint density at radius 1 is 1.32 bits per heavy atom. The first-order valence-electron chi connectivity index (χ1n) is 8.35. The van der Waals surface area contributed by atoms with E-state index < -0.39 is 0 Å². The molecule has 25 heavy (non-hydrogen) atoms. The van der Waals surface area contributed by atoms with Crippen molar-refractivity contribution in [2.24, 2.45) is 0 Å². The van der Waals surface area contributed by atoms with Crippen LogP contribution in [0.2, 0.25) is 0 Å². The zero-order chi connectivity index (χ0) is 17.6. The highest BCUT2D eigenvalue weighted by atomic mass is 16.5. The first kappa shape index (κ1) is 17.2. The van der Waals surface area contributed by atoms with Crippen molar-refractivity contribution in [2.75, 3.05) is 17.2 Å². The van der Waals surface area contributed by atoms with Crippen LogP contribution in [0.15, 0.2) is 36.7 Å². The lowest BCUT2D eigenvalue weighted by molar-refractivity contribution is 0.0215.